The topological polar surface area (TPSA) is 58.2 Å². The lowest BCUT2D eigenvalue weighted by Crippen LogP contribution is -2.59. The molecule has 4 saturated carbocycles. The van der Waals surface area contributed by atoms with Gasteiger partial charge in [0.15, 0.2) is 0 Å². The number of carbonyl (C=O) groups is 2. The summed E-state index contributed by atoms with van der Waals surface area (Å²) in [4.78, 5) is 25.0. The number of amides is 2. The number of fused-ring (bicyclic) bond motifs is 1. The van der Waals surface area contributed by atoms with Gasteiger partial charge < -0.3 is 0 Å². The van der Waals surface area contributed by atoms with E-state index in [0.29, 0.717) is 11.0 Å². The minimum Gasteiger partial charge on any atom is -0.273 e. The smallest absolute Gasteiger partial charge is 0.269 e. The number of nitrogens with one attached hydrogen (secondary N) is 2. The maximum absolute atomic E-state index is 12.8. The molecule has 23 heavy (non-hydrogen) atoms. The number of hydrogen-bond donors (Lipinski definition) is 2. The third-order valence-corrected chi connectivity index (χ3v) is 7.87. The van der Waals surface area contributed by atoms with Gasteiger partial charge in [-0.15, -0.1) is 0 Å². The summed E-state index contributed by atoms with van der Waals surface area (Å²) >= 11 is 2.18. The molecule has 1 aromatic carbocycles. The molecule has 0 radical (unpaired) electrons. The molecule has 2 bridgehead atoms. The van der Waals surface area contributed by atoms with Gasteiger partial charge in [-0.2, -0.15) is 0 Å². The highest BCUT2D eigenvalue weighted by molar-refractivity contribution is 14.1. The first-order valence-electron chi connectivity index (χ1n) is 8.40. The summed E-state index contributed by atoms with van der Waals surface area (Å²) in [6.45, 7) is 0. The summed E-state index contributed by atoms with van der Waals surface area (Å²) in [5.74, 6) is 2.24. The third-order valence-electron chi connectivity index (χ3n) is 7.20. The monoisotopic (exact) mass is 422 g/mol. The molecule has 0 aromatic heterocycles. The minimum absolute atomic E-state index is 0.0356. The van der Waals surface area contributed by atoms with E-state index < -0.39 is 0 Å². The fourth-order valence-electron chi connectivity index (χ4n) is 6.29. The molecule has 4 aliphatic rings. The number of hydrogen-bond acceptors (Lipinski definition) is 2. The average Bonchev–Trinajstić information content (AvgIpc) is 3.00. The normalized spacial score (nSPS) is 41.5. The Hall–Kier alpha value is -1.11. The lowest BCUT2D eigenvalue weighted by molar-refractivity contribution is -0.178. The van der Waals surface area contributed by atoms with Gasteiger partial charge in [-0.1, -0.05) is 6.07 Å². The van der Waals surface area contributed by atoms with Gasteiger partial charge in [0.05, 0.1) is 5.41 Å². The van der Waals surface area contributed by atoms with Crippen molar-refractivity contribution in [3.63, 3.8) is 0 Å². The molecule has 120 valence electrons. The molecule has 4 fully saturated rings. The maximum atomic E-state index is 12.8. The minimum atomic E-state index is -0.244. The van der Waals surface area contributed by atoms with Crippen LogP contribution in [0.3, 0.4) is 0 Å². The zero-order valence-electron chi connectivity index (χ0n) is 12.8. The molecular weight excluding hydrogens is 403 g/mol. The van der Waals surface area contributed by atoms with Crippen molar-refractivity contribution in [2.75, 3.05) is 0 Å². The van der Waals surface area contributed by atoms with Crippen LogP contribution in [0.5, 0.6) is 0 Å². The molecule has 4 nitrogen and oxygen atoms in total. The van der Waals surface area contributed by atoms with Crippen LogP contribution in [0.1, 0.15) is 42.5 Å². The summed E-state index contributed by atoms with van der Waals surface area (Å²) in [6.07, 6.45) is 5.79. The van der Waals surface area contributed by atoms with E-state index in [9.17, 15) is 9.59 Å². The molecule has 0 aliphatic heterocycles. The number of benzene rings is 1. The van der Waals surface area contributed by atoms with Crippen LogP contribution in [0, 0.1) is 32.2 Å². The highest BCUT2D eigenvalue weighted by Crippen LogP contribution is 2.84. The molecule has 1 spiro atoms. The Morgan fingerprint density at radius 3 is 2.43 bits per heavy atom. The van der Waals surface area contributed by atoms with Gasteiger partial charge in [0.2, 0.25) is 5.91 Å². The van der Waals surface area contributed by atoms with Crippen molar-refractivity contribution >= 4 is 34.4 Å². The number of halogens is 1. The maximum Gasteiger partial charge on any atom is 0.269 e. The molecule has 2 atom stereocenters. The largest absolute Gasteiger partial charge is 0.273 e. The summed E-state index contributed by atoms with van der Waals surface area (Å²) in [6, 6.07) is 7.36. The Bertz CT molecular complexity index is 715. The van der Waals surface area contributed by atoms with Crippen LogP contribution >= 0.6 is 22.6 Å². The van der Waals surface area contributed by atoms with Crippen molar-refractivity contribution in [2.24, 2.45) is 28.6 Å². The Morgan fingerprint density at radius 1 is 1.09 bits per heavy atom. The van der Waals surface area contributed by atoms with Gasteiger partial charge in [-0.3, -0.25) is 20.4 Å². The SMILES string of the molecule is O=C(NNC(=O)C12CC3CC4CC(C1)C43C2)c1cccc(I)c1. The summed E-state index contributed by atoms with van der Waals surface area (Å²) in [5.41, 5.74) is 6.23. The predicted molar refractivity (Wildman–Crippen MR) is 93.2 cm³/mol. The summed E-state index contributed by atoms with van der Waals surface area (Å²) in [5, 5.41) is 0. The van der Waals surface area contributed by atoms with E-state index in [4.69, 9.17) is 0 Å². The fourth-order valence-corrected chi connectivity index (χ4v) is 6.83. The van der Waals surface area contributed by atoms with E-state index in [2.05, 4.69) is 33.4 Å². The van der Waals surface area contributed by atoms with Crippen LogP contribution in [0.4, 0.5) is 0 Å². The Kier molecular flexibility index (Phi) is 2.78. The first kappa shape index (κ1) is 14.3. The van der Waals surface area contributed by atoms with Crippen molar-refractivity contribution in [1.29, 1.82) is 0 Å². The molecule has 5 rings (SSSR count). The molecule has 2 N–H and O–H groups in total. The van der Waals surface area contributed by atoms with Crippen LogP contribution < -0.4 is 10.9 Å². The van der Waals surface area contributed by atoms with Crippen molar-refractivity contribution in [3.05, 3.63) is 33.4 Å². The molecule has 0 saturated heterocycles. The van der Waals surface area contributed by atoms with Crippen molar-refractivity contribution in [1.82, 2.24) is 10.9 Å². The predicted octanol–water partition coefficient (Wildman–Crippen LogP) is 2.88. The van der Waals surface area contributed by atoms with Crippen molar-refractivity contribution in [2.45, 2.75) is 32.1 Å². The van der Waals surface area contributed by atoms with Crippen molar-refractivity contribution < 1.29 is 9.59 Å². The van der Waals surface area contributed by atoms with E-state index in [1.54, 1.807) is 6.07 Å². The van der Waals surface area contributed by atoms with E-state index in [0.717, 1.165) is 40.6 Å². The van der Waals surface area contributed by atoms with Crippen LogP contribution in [-0.4, -0.2) is 11.8 Å². The molecule has 1 aromatic rings. The number of hydrazine groups is 1. The second-order valence-corrected chi connectivity index (χ2v) is 9.20. The van der Waals surface area contributed by atoms with Crippen LogP contribution in [0.25, 0.3) is 0 Å². The lowest BCUT2D eigenvalue weighted by Gasteiger charge is -2.66. The first-order valence-corrected chi connectivity index (χ1v) is 9.48. The lowest BCUT2D eigenvalue weighted by atomic mass is 9.38. The highest BCUT2D eigenvalue weighted by Gasteiger charge is 2.78. The second-order valence-electron chi connectivity index (χ2n) is 7.96. The summed E-state index contributed by atoms with van der Waals surface area (Å²) < 4.78 is 1.00. The molecule has 5 heteroatoms. The zero-order valence-corrected chi connectivity index (χ0v) is 14.9. The van der Waals surface area contributed by atoms with E-state index in [1.165, 1.54) is 12.8 Å². The first-order chi connectivity index (χ1) is 11.0. The molecular formula is C18H19IN2O2. The number of rotatable bonds is 2. The van der Waals surface area contributed by atoms with E-state index in [1.807, 2.05) is 18.2 Å². The van der Waals surface area contributed by atoms with Gasteiger partial charge in [0.1, 0.15) is 0 Å². The van der Waals surface area contributed by atoms with Gasteiger partial charge in [0.25, 0.3) is 5.91 Å². The Morgan fingerprint density at radius 2 is 1.83 bits per heavy atom. The van der Waals surface area contributed by atoms with E-state index in [-0.39, 0.29) is 17.2 Å². The Labute approximate surface area is 148 Å². The molecule has 2 amide bonds. The standard InChI is InChI=1S/C18H19IN2O2/c19-14-3-1-2-10(4-14)15(22)20-21-16(23)17-7-12-5-11-6-13(8-17)18(11,12)9-17/h1-4,11-13H,5-9H2,(H,20,22)(H,21,23). The number of carbonyl (C=O) groups excluding carboxylic acids is 2. The molecule has 0 heterocycles. The van der Waals surface area contributed by atoms with Crippen LogP contribution in [0.2, 0.25) is 0 Å². The van der Waals surface area contributed by atoms with Crippen LogP contribution in [0.15, 0.2) is 24.3 Å². The second kappa shape index (κ2) is 4.49. The van der Waals surface area contributed by atoms with Crippen molar-refractivity contribution in [3.8, 4) is 0 Å². The third kappa shape index (κ3) is 1.72. The average molecular weight is 422 g/mol. The zero-order chi connectivity index (χ0) is 15.8. The molecule has 4 aliphatic carbocycles. The fraction of sp³-hybridized carbons (Fsp3) is 0.556. The van der Waals surface area contributed by atoms with Gasteiger partial charge in [0, 0.05) is 9.13 Å². The van der Waals surface area contributed by atoms with Gasteiger partial charge in [-0.05, 0) is 96.1 Å². The quantitative estimate of drug-likeness (QED) is 0.569. The van der Waals surface area contributed by atoms with Gasteiger partial charge >= 0.3 is 0 Å². The summed E-state index contributed by atoms with van der Waals surface area (Å²) in [7, 11) is 0. The van der Waals surface area contributed by atoms with Gasteiger partial charge in [-0.25, -0.2) is 0 Å². The Balaban J connectivity index is 1.27. The van der Waals surface area contributed by atoms with Crippen LogP contribution in [-0.2, 0) is 4.79 Å². The molecule has 2 unspecified atom stereocenters. The van der Waals surface area contributed by atoms with E-state index >= 15 is 0 Å². The highest BCUT2D eigenvalue weighted by atomic mass is 127.